The molecule has 1 saturated heterocycles. The fourth-order valence-corrected chi connectivity index (χ4v) is 6.27. The highest BCUT2D eigenvalue weighted by Gasteiger charge is 2.33. The molecule has 0 aliphatic carbocycles. The number of carbonyl (C=O) groups is 2. The number of rotatable bonds is 9. The van der Waals surface area contributed by atoms with Crippen LogP contribution >= 0.6 is 0 Å². The van der Waals surface area contributed by atoms with Crippen LogP contribution in [0, 0.1) is 5.82 Å². The Bertz CT molecular complexity index is 1770. The van der Waals surface area contributed by atoms with Crippen LogP contribution in [0.1, 0.15) is 53.7 Å². The van der Waals surface area contributed by atoms with Crippen molar-refractivity contribution < 1.29 is 23.8 Å². The van der Waals surface area contributed by atoms with Crippen LogP contribution in [0.2, 0.25) is 0 Å². The molecule has 1 unspecified atom stereocenters. The molecule has 2 heterocycles. The van der Waals surface area contributed by atoms with Crippen LogP contribution in [0.25, 0.3) is 22.4 Å². The quantitative estimate of drug-likeness (QED) is 0.169. The minimum atomic E-state index is -0.757. The second kappa shape index (κ2) is 13.3. The Balaban J connectivity index is 1.61. The van der Waals surface area contributed by atoms with Crippen LogP contribution in [0.15, 0.2) is 115 Å². The summed E-state index contributed by atoms with van der Waals surface area (Å²) in [6.45, 7) is 2.47. The summed E-state index contributed by atoms with van der Waals surface area (Å²) in [5, 5.41) is 13.4. The van der Waals surface area contributed by atoms with Crippen molar-refractivity contribution >= 4 is 17.6 Å². The van der Waals surface area contributed by atoms with Crippen molar-refractivity contribution in [3.05, 3.63) is 138 Å². The van der Waals surface area contributed by atoms with E-state index in [1.165, 1.54) is 12.1 Å². The standard InChI is InChI=1S/C38H35FN2O4/c1-25(26-11-5-2-6-12-26)36-35(38(44)40-30-15-9-4-10-16-30)34(27-13-7-3-8-14-27)37(28-17-19-29(39)20-18-28)41(36)22-21-32-23-31(42)24-33(43)45-32/h2-20,25,31-32,42H,21-24H2,1H3,(H,40,44)/t25?,31-,32-/m1/s1. The van der Waals surface area contributed by atoms with E-state index in [0.717, 1.165) is 33.6 Å². The molecule has 0 radical (unpaired) electrons. The molecule has 6 rings (SSSR count). The summed E-state index contributed by atoms with van der Waals surface area (Å²) in [6, 6.07) is 35.4. The van der Waals surface area contributed by atoms with Gasteiger partial charge in [-0.05, 0) is 53.1 Å². The number of aliphatic hydroxyl groups is 1. The number of esters is 1. The second-order valence-electron chi connectivity index (χ2n) is 11.5. The average molecular weight is 603 g/mol. The monoisotopic (exact) mass is 602 g/mol. The van der Waals surface area contributed by atoms with Crippen LogP contribution in [-0.4, -0.2) is 33.8 Å². The third-order valence-corrected chi connectivity index (χ3v) is 8.36. The van der Waals surface area contributed by atoms with E-state index in [9.17, 15) is 19.1 Å². The first kappa shape index (κ1) is 30.0. The van der Waals surface area contributed by atoms with E-state index < -0.39 is 18.2 Å². The lowest BCUT2D eigenvalue weighted by Crippen LogP contribution is -2.33. The molecule has 6 nitrogen and oxygen atoms in total. The molecular formula is C38H35FN2O4. The van der Waals surface area contributed by atoms with Gasteiger partial charge in [-0.25, -0.2) is 4.39 Å². The Morgan fingerprint density at radius 1 is 0.911 bits per heavy atom. The lowest BCUT2D eigenvalue weighted by molar-refractivity contribution is -0.160. The normalized spacial score (nSPS) is 17.0. The molecule has 7 heteroatoms. The Labute approximate surface area is 262 Å². The summed E-state index contributed by atoms with van der Waals surface area (Å²) in [7, 11) is 0. The van der Waals surface area contributed by atoms with Gasteiger partial charge in [0.1, 0.15) is 11.9 Å². The van der Waals surface area contributed by atoms with E-state index in [4.69, 9.17) is 4.74 Å². The number of aliphatic hydroxyl groups excluding tert-OH is 1. The number of para-hydroxylation sites is 1. The number of anilines is 1. The number of benzene rings is 4. The molecule has 4 aromatic carbocycles. The summed E-state index contributed by atoms with van der Waals surface area (Å²) in [5.41, 5.74) is 6.07. The van der Waals surface area contributed by atoms with Crippen LogP contribution in [0.5, 0.6) is 0 Å². The number of hydrogen-bond donors (Lipinski definition) is 2. The van der Waals surface area contributed by atoms with Gasteiger partial charge < -0.3 is 19.7 Å². The summed E-state index contributed by atoms with van der Waals surface area (Å²) in [4.78, 5) is 26.7. The number of nitrogens with zero attached hydrogens (tertiary/aromatic N) is 1. The fourth-order valence-electron chi connectivity index (χ4n) is 6.27. The van der Waals surface area contributed by atoms with E-state index in [1.54, 1.807) is 12.1 Å². The zero-order valence-corrected chi connectivity index (χ0v) is 25.0. The highest BCUT2D eigenvalue weighted by molar-refractivity contribution is 6.12. The first-order valence-corrected chi connectivity index (χ1v) is 15.3. The van der Waals surface area contributed by atoms with Gasteiger partial charge in [0, 0.05) is 42.2 Å². The summed E-state index contributed by atoms with van der Waals surface area (Å²) in [6.07, 6.45) is -0.485. The summed E-state index contributed by atoms with van der Waals surface area (Å²) >= 11 is 0. The van der Waals surface area contributed by atoms with Crippen molar-refractivity contribution in [3.63, 3.8) is 0 Å². The van der Waals surface area contributed by atoms with Gasteiger partial charge in [-0.1, -0.05) is 85.8 Å². The van der Waals surface area contributed by atoms with Gasteiger partial charge in [0.05, 0.1) is 23.8 Å². The molecule has 1 fully saturated rings. The zero-order valence-electron chi connectivity index (χ0n) is 25.0. The Morgan fingerprint density at radius 2 is 1.53 bits per heavy atom. The maximum Gasteiger partial charge on any atom is 0.308 e. The van der Waals surface area contributed by atoms with Gasteiger partial charge in [0.2, 0.25) is 0 Å². The smallest absolute Gasteiger partial charge is 0.308 e. The molecule has 1 amide bonds. The largest absolute Gasteiger partial charge is 0.462 e. The molecule has 1 aromatic heterocycles. The zero-order chi connectivity index (χ0) is 31.3. The van der Waals surface area contributed by atoms with E-state index >= 15 is 0 Å². The van der Waals surface area contributed by atoms with E-state index in [0.29, 0.717) is 30.6 Å². The predicted octanol–water partition coefficient (Wildman–Crippen LogP) is 7.82. The molecule has 0 spiro atoms. The topological polar surface area (TPSA) is 80.6 Å². The number of cyclic esters (lactones) is 1. The highest BCUT2D eigenvalue weighted by atomic mass is 19.1. The highest BCUT2D eigenvalue weighted by Crippen LogP contribution is 2.44. The third-order valence-electron chi connectivity index (χ3n) is 8.36. The first-order chi connectivity index (χ1) is 21.9. The predicted molar refractivity (Wildman–Crippen MR) is 173 cm³/mol. The van der Waals surface area contributed by atoms with Gasteiger partial charge in [0.25, 0.3) is 5.91 Å². The Hall–Kier alpha value is -5.01. The van der Waals surface area contributed by atoms with Crippen molar-refractivity contribution in [1.29, 1.82) is 0 Å². The molecule has 0 saturated carbocycles. The van der Waals surface area contributed by atoms with Crippen LogP contribution in [0.4, 0.5) is 10.1 Å². The second-order valence-corrected chi connectivity index (χ2v) is 11.5. The lowest BCUT2D eigenvalue weighted by Gasteiger charge is -2.27. The van der Waals surface area contributed by atoms with Crippen molar-refractivity contribution in [2.24, 2.45) is 0 Å². The SMILES string of the molecule is CC(c1ccccc1)c1c(C(=O)Nc2ccccc2)c(-c2ccccc2)c(-c2ccc(F)cc2)n1CC[C@@H]1C[C@@H](O)CC(=O)O1. The maximum atomic E-state index is 14.5. The summed E-state index contributed by atoms with van der Waals surface area (Å²) < 4.78 is 22.0. The molecule has 1 aliphatic rings. The van der Waals surface area contributed by atoms with Gasteiger partial charge in [-0.3, -0.25) is 9.59 Å². The molecule has 3 atom stereocenters. The van der Waals surface area contributed by atoms with E-state index in [2.05, 4.69) is 16.8 Å². The molecule has 1 aliphatic heterocycles. The number of amides is 1. The average Bonchev–Trinajstić information content (AvgIpc) is 3.40. The van der Waals surface area contributed by atoms with Gasteiger partial charge in [-0.15, -0.1) is 0 Å². The molecule has 228 valence electrons. The lowest BCUT2D eigenvalue weighted by atomic mass is 9.91. The number of aromatic nitrogens is 1. The molecule has 0 bridgehead atoms. The van der Waals surface area contributed by atoms with Crippen LogP contribution in [-0.2, 0) is 16.1 Å². The van der Waals surface area contributed by atoms with Crippen molar-refractivity contribution in [2.75, 3.05) is 5.32 Å². The summed E-state index contributed by atoms with van der Waals surface area (Å²) in [5.74, 6) is -1.27. The third kappa shape index (κ3) is 6.59. The number of nitrogens with one attached hydrogen (secondary N) is 1. The van der Waals surface area contributed by atoms with E-state index in [-0.39, 0.29) is 24.1 Å². The molecule has 45 heavy (non-hydrogen) atoms. The minimum absolute atomic E-state index is 0.0148. The number of ether oxygens (including phenoxy) is 1. The van der Waals surface area contributed by atoms with Crippen molar-refractivity contribution in [1.82, 2.24) is 4.57 Å². The van der Waals surface area contributed by atoms with Gasteiger partial charge in [0.15, 0.2) is 0 Å². The minimum Gasteiger partial charge on any atom is -0.462 e. The molecule has 5 aromatic rings. The van der Waals surface area contributed by atoms with Crippen LogP contribution in [0.3, 0.4) is 0 Å². The van der Waals surface area contributed by atoms with Gasteiger partial charge in [-0.2, -0.15) is 0 Å². The number of halogens is 1. The van der Waals surface area contributed by atoms with Gasteiger partial charge >= 0.3 is 5.97 Å². The number of hydrogen-bond acceptors (Lipinski definition) is 4. The fraction of sp³-hybridized carbons (Fsp3) is 0.211. The van der Waals surface area contributed by atoms with Crippen LogP contribution < -0.4 is 5.32 Å². The molecule has 2 N–H and O–H groups in total. The maximum absolute atomic E-state index is 14.5. The van der Waals surface area contributed by atoms with Crippen molar-refractivity contribution in [3.8, 4) is 22.4 Å². The Morgan fingerprint density at radius 3 is 2.18 bits per heavy atom. The molecular weight excluding hydrogens is 567 g/mol. The van der Waals surface area contributed by atoms with Crippen molar-refractivity contribution in [2.45, 2.75) is 50.9 Å². The van der Waals surface area contributed by atoms with E-state index in [1.807, 2.05) is 91.0 Å². The Kier molecular flexibility index (Phi) is 8.89. The number of carbonyl (C=O) groups excluding carboxylic acids is 2. The first-order valence-electron chi connectivity index (χ1n) is 15.3.